The molecule has 0 fully saturated rings. The van der Waals surface area contributed by atoms with Crippen molar-refractivity contribution in [2.75, 3.05) is 5.32 Å². The molecule has 1 aromatic heterocycles. The third-order valence-electron chi connectivity index (χ3n) is 3.94. The van der Waals surface area contributed by atoms with Crippen LogP contribution in [0.3, 0.4) is 0 Å². The number of nitrogens with two attached hydrogens (primary N) is 1. The Balaban J connectivity index is 1.75. The van der Waals surface area contributed by atoms with E-state index in [4.69, 9.17) is 10.3 Å². The summed E-state index contributed by atoms with van der Waals surface area (Å²) in [5.74, 6) is -0.720. The molecular formula is C18H17N3O3. The lowest BCUT2D eigenvalue weighted by atomic mass is 10.1. The summed E-state index contributed by atoms with van der Waals surface area (Å²) in [5.41, 5.74) is 9.67. The van der Waals surface area contributed by atoms with Gasteiger partial charge in [0.15, 0.2) is 5.58 Å². The summed E-state index contributed by atoms with van der Waals surface area (Å²) in [7, 11) is 0. The number of fused-ring (bicyclic) bond motifs is 1. The Hall–Kier alpha value is -3.15. The van der Waals surface area contributed by atoms with E-state index in [0.717, 1.165) is 16.5 Å². The fourth-order valence-corrected chi connectivity index (χ4v) is 2.45. The average Bonchev–Trinajstić information content (AvgIpc) is 2.90. The fraction of sp³-hybridized carbons (Fsp3) is 0.167. The van der Waals surface area contributed by atoms with Crippen LogP contribution in [0.4, 0.5) is 5.69 Å². The highest BCUT2D eigenvalue weighted by molar-refractivity contribution is 5.96. The molecule has 0 unspecified atom stereocenters. The number of nitrogens with zero attached hydrogens (tertiary/aromatic N) is 1. The molecule has 3 N–H and O–H groups in total. The number of amides is 2. The van der Waals surface area contributed by atoms with E-state index in [9.17, 15) is 9.59 Å². The van der Waals surface area contributed by atoms with Gasteiger partial charge in [0.25, 0.3) is 0 Å². The van der Waals surface area contributed by atoms with Crippen molar-refractivity contribution in [2.45, 2.75) is 20.3 Å². The van der Waals surface area contributed by atoms with Crippen molar-refractivity contribution in [2.24, 2.45) is 5.73 Å². The van der Waals surface area contributed by atoms with E-state index in [1.165, 1.54) is 0 Å². The molecule has 0 bridgehead atoms. The average molecular weight is 323 g/mol. The normalized spacial score (nSPS) is 10.8. The molecular weight excluding hydrogens is 306 g/mol. The highest BCUT2D eigenvalue weighted by Gasteiger charge is 2.14. The molecule has 0 aliphatic heterocycles. The quantitative estimate of drug-likeness (QED) is 0.771. The van der Waals surface area contributed by atoms with E-state index < -0.39 is 5.91 Å². The minimum atomic E-state index is -0.507. The molecule has 0 saturated carbocycles. The monoisotopic (exact) mass is 323 g/mol. The minimum absolute atomic E-state index is 0.104. The van der Waals surface area contributed by atoms with Crippen molar-refractivity contribution >= 4 is 28.5 Å². The van der Waals surface area contributed by atoms with Gasteiger partial charge in [0.05, 0.1) is 6.42 Å². The first-order valence-electron chi connectivity index (χ1n) is 7.49. The smallest absolute Gasteiger partial charge is 0.248 e. The van der Waals surface area contributed by atoms with Gasteiger partial charge in [-0.15, -0.1) is 0 Å². The molecule has 6 nitrogen and oxygen atoms in total. The van der Waals surface area contributed by atoms with E-state index >= 15 is 0 Å². The van der Waals surface area contributed by atoms with Crippen molar-refractivity contribution in [1.82, 2.24) is 5.16 Å². The SMILES string of the molecule is Cc1cc2onc(CC(=O)Nc3ccc(C(N)=O)cc3)c2cc1C. The van der Waals surface area contributed by atoms with Gasteiger partial charge in [-0.1, -0.05) is 5.16 Å². The second-order valence-corrected chi connectivity index (χ2v) is 5.73. The highest BCUT2D eigenvalue weighted by atomic mass is 16.5. The maximum atomic E-state index is 12.2. The lowest BCUT2D eigenvalue weighted by Gasteiger charge is -2.05. The van der Waals surface area contributed by atoms with Crippen molar-refractivity contribution in [3.63, 3.8) is 0 Å². The Morgan fingerprint density at radius 2 is 1.79 bits per heavy atom. The van der Waals surface area contributed by atoms with Gasteiger partial charge in [0.1, 0.15) is 5.69 Å². The largest absolute Gasteiger partial charge is 0.366 e. The summed E-state index contributed by atoms with van der Waals surface area (Å²) >= 11 is 0. The first-order valence-corrected chi connectivity index (χ1v) is 7.49. The summed E-state index contributed by atoms with van der Waals surface area (Å²) in [6.07, 6.45) is 0.104. The van der Waals surface area contributed by atoms with E-state index in [0.29, 0.717) is 22.5 Å². The molecule has 3 aromatic rings. The van der Waals surface area contributed by atoms with Crippen LogP contribution < -0.4 is 11.1 Å². The number of primary amides is 1. The van der Waals surface area contributed by atoms with Gasteiger partial charge in [-0.25, -0.2) is 0 Å². The third kappa shape index (κ3) is 3.12. The van der Waals surface area contributed by atoms with Gasteiger partial charge in [0, 0.05) is 16.6 Å². The number of hydrogen-bond acceptors (Lipinski definition) is 4. The second-order valence-electron chi connectivity index (χ2n) is 5.73. The van der Waals surface area contributed by atoms with Crippen LogP contribution in [-0.2, 0) is 11.2 Å². The highest BCUT2D eigenvalue weighted by Crippen LogP contribution is 2.23. The molecule has 2 amide bonds. The molecule has 0 aliphatic rings. The molecule has 6 heteroatoms. The first kappa shape index (κ1) is 15.7. The van der Waals surface area contributed by atoms with Crippen LogP contribution in [-0.4, -0.2) is 17.0 Å². The molecule has 0 atom stereocenters. The number of hydrogen-bond donors (Lipinski definition) is 2. The first-order chi connectivity index (χ1) is 11.4. The molecule has 122 valence electrons. The maximum absolute atomic E-state index is 12.2. The molecule has 3 rings (SSSR count). The van der Waals surface area contributed by atoms with Crippen LogP contribution in [0, 0.1) is 13.8 Å². The zero-order valence-electron chi connectivity index (χ0n) is 13.4. The zero-order chi connectivity index (χ0) is 17.3. The summed E-state index contributed by atoms with van der Waals surface area (Å²) in [6, 6.07) is 10.3. The van der Waals surface area contributed by atoms with Crippen LogP contribution in [0.2, 0.25) is 0 Å². The number of aryl methyl sites for hydroxylation is 2. The summed E-state index contributed by atoms with van der Waals surface area (Å²) in [4.78, 5) is 23.2. The molecule has 0 radical (unpaired) electrons. The van der Waals surface area contributed by atoms with Gasteiger partial charge >= 0.3 is 0 Å². The summed E-state index contributed by atoms with van der Waals surface area (Å²) < 4.78 is 5.30. The molecule has 24 heavy (non-hydrogen) atoms. The molecule has 0 aliphatic carbocycles. The number of anilines is 1. The van der Waals surface area contributed by atoms with Crippen molar-refractivity contribution < 1.29 is 14.1 Å². The Morgan fingerprint density at radius 1 is 1.12 bits per heavy atom. The Bertz CT molecular complexity index is 927. The topological polar surface area (TPSA) is 98.2 Å². The van der Waals surface area contributed by atoms with Crippen LogP contribution in [0.5, 0.6) is 0 Å². The van der Waals surface area contributed by atoms with E-state index in [2.05, 4.69) is 10.5 Å². The lowest BCUT2D eigenvalue weighted by molar-refractivity contribution is -0.115. The van der Waals surface area contributed by atoms with Gasteiger partial charge in [-0.05, 0) is 61.4 Å². The van der Waals surface area contributed by atoms with E-state index in [1.54, 1.807) is 24.3 Å². The number of aromatic nitrogens is 1. The predicted octanol–water partition coefficient (Wildman–Crippen LogP) is 2.72. The zero-order valence-corrected chi connectivity index (χ0v) is 13.4. The standard InChI is InChI=1S/C18H17N3O3/c1-10-7-14-15(21-24-16(14)8-11(10)2)9-17(22)20-13-5-3-12(4-6-13)18(19)23/h3-8H,9H2,1-2H3,(H2,19,23)(H,20,22). The molecule has 0 saturated heterocycles. The predicted molar refractivity (Wildman–Crippen MR) is 90.8 cm³/mol. The van der Waals surface area contributed by atoms with Crippen LogP contribution in [0.1, 0.15) is 27.2 Å². The van der Waals surface area contributed by atoms with Crippen LogP contribution in [0.15, 0.2) is 40.9 Å². The summed E-state index contributed by atoms with van der Waals surface area (Å²) in [6.45, 7) is 4.01. The van der Waals surface area contributed by atoms with Gasteiger partial charge in [0.2, 0.25) is 11.8 Å². The number of rotatable bonds is 4. The Kier molecular flexibility index (Phi) is 4.04. The van der Waals surface area contributed by atoms with Crippen molar-refractivity contribution in [1.29, 1.82) is 0 Å². The van der Waals surface area contributed by atoms with Crippen molar-refractivity contribution in [3.8, 4) is 0 Å². The van der Waals surface area contributed by atoms with E-state index in [1.807, 2.05) is 26.0 Å². The van der Waals surface area contributed by atoms with Gasteiger partial charge in [-0.2, -0.15) is 0 Å². The minimum Gasteiger partial charge on any atom is -0.366 e. The molecule has 0 spiro atoms. The fourth-order valence-electron chi connectivity index (χ4n) is 2.45. The van der Waals surface area contributed by atoms with Gasteiger partial charge < -0.3 is 15.6 Å². The van der Waals surface area contributed by atoms with E-state index in [-0.39, 0.29) is 12.3 Å². The molecule has 1 heterocycles. The van der Waals surface area contributed by atoms with Crippen LogP contribution >= 0.6 is 0 Å². The summed E-state index contributed by atoms with van der Waals surface area (Å²) in [5, 5.41) is 7.61. The molecule has 2 aromatic carbocycles. The number of benzene rings is 2. The van der Waals surface area contributed by atoms with Gasteiger partial charge in [-0.3, -0.25) is 9.59 Å². The second kappa shape index (κ2) is 6.16. The number of nitrogens with one attached hydrogen (secondary N) is 1. The maximum Gasteiger partial charge on any atom is 0.248 e. The number of carbonyl (C=O) groups is 2. The Labute approximate surface area is 138 Å². The van der Waals surface area contributed by atoms with Crippen LogP contribution in [0.25, 0.3) is 11.0 Å². The lowest BCUT2D eigenvalue weighted by Crippen LogP contribution is -2.15. The third-order valence-corrected chi connectivity index (χ3v) is 3.94. The van der Waals surface area contributed by atoms with Crippen molar-refractivity contribution in [3.05, 3.63) is 58.8 Å². The Morgan fingerprint density at radius 3 is 2.46 bits per heavy atom. The number of carbonyl (C=O) groups excluding carboxylic acids is 2.